The summed E-state index contributed by atoms with van der Waals surface area (Å²) in [5.41, 5.74) is -0.598. The van der Waals surface area contributed by atoms with Crippen molar-refractivity contribution in [3.63, 3.8) is 0 Å². The maximum Gasteiger partial charge on any atom is 0.303 e. The van der Waals surface area contributed by atoms with Gasteiger partial charge < -0.3 is 5.11 Å². The van der Waals surface area contributed by atoms with Gasteiger partial charge in [-0.1, -0.05) is 20.8 Å². The molecule has 4 saturated carbocycles. The monoisotopic (exact) mass is 402 g/mol. The van der Waals surface area contributed by atoms with Crippen LogP contribution in [-0.2, 0) is 19.2 Å². The molecule has 4 rings (SSSR count). The van der Waals surface area contributed by atoms with Crippen molar-refractivity contribution in [1.82, 2.24) is 0 Å². The van der Waals surface area contributed by atoms with Crippen LogP contribution in [0.3, 0.4) is 0 Å². The molecule has 0 heterocycles. The van der Waals surface area contributed by atoms with Gasteiger partial charge in [-0.3, -0.25) is 19.2 Å². The molecule has 0 amide bonds. The zero-order valence-electron chi connectivity index (χ0n) is 17.9. The number of carboxylic acids is 1. The van der Waals surface area contributed by atoms with Crippen molar-refractivity contribution in [3.05, 3.63) is 0 Å². The minimum atomic E-state index is -0.792. The molecule has 0 spiro atoms. The number of aliphatic carboxylic acids is 1. The second kappa shape index (κ2) is 7.02. The van der Waals surface area contributed by atoms with Crippen LogP contribution in [-0.4, -0.2) is 28.4 Å². The van der Waals surface area contributed by atoms with Crippen LogP contribution >= 0.6 is 0 Å². The normalized spacial score (nSPS) is 45.3. The van der Waals surface area contributed by atoms with E-state index in [1.54, 1.807) is 0 Å². The Morgan fingerprint density at radius 2 is 1.83 bits per heavy atom. The number of carbonyl (C=O) groups excluding carboxylic acids is 3. The van der Waals surface area contributed by atoms with Crippen molar-refractivity contribution in [2.45, 2.75) is 78.6 Å². The van der Waals surface area contributed by atoms with E-state index in [2.05, 4.69) is 20.8 Å². The summed E-state index contributed by atoms with van der Waals surface area (Å²) < 4.78 is 0. The van der Waals surface area contributed by atoms with E-state index in [1.165, 1.54) is 0 Å². The van der Waals surface area contributed by atoms with Crippen molar-refractivity contribution < 1.29 is 24.3 Å². The minimum absolute atomic E-state index is 0.0659. The van der Waals surface area contributed by atoms with E-state index in [1.807, 2.05) is 0 Å². The molecule has 0 aromatic carbocycles. The van der Waals surface area contributed by atoms with E-state index in [0.29, 0.717) is 32.1 Å². The average molecular weight is 403 g/mol. The zero-order chi connectivity index (χ0) is 21.1. The SMILES string of the molecule is C[C@H](CCC(=O)O)[C@H]1CC[C@@H]2[C@@H]3C(=O)C[C@@H]4CC(=O)CC[C@]4(C)[C@@H]3CC(=O)[C@@]21C. The molecule has 4 aliphatic carbocycles. The Kier molecular flexibility index (Phi) is 5.02. The van der Waals surface area contributed by atoms with Crippen LogP contribution in [0.25, 0.3) is 0 Å². The first-order chi connectivity index (χ1) is 13.6. The van der Waals surface area contributed by atoms with Crippen molar-refractivity contribution >= 4 is 23.3 Å². The second-order valence-electron chi connectivity index (χ2n) is 10.9. The summed E-state index contributed by atoms with van der Waals surface area (Å²) in [6.45, 7) is 6.37. The van der Waals surface area contributed by atoms with Gasteiger partial charge >= 0.3 is 5.97 Å². The summed E-state index contributed by atoms with van der Waals surface area (Å²) in [6.07, 6.45) is 5.33. The van der Waals surface area contributed by atoms with Crippen LogP contribution in [0.15, 0.2) is 0 Å². The number of ketones is 3. The summed E-state index contributed by atoms with van der Waals surface area (Å²) in [7, 11) is 0. The van der Waals surface area contributed by atoms with E-state index < -0.39 is 11.4 Å². The second-order valence-corrected chi connectivity index (χ2v) is 10.9. The smallest absolute Gasteiger partial charge is 0.303 e. The third-order valence-corrected chi connectivity index (χ3v) is 9.72. The Balaban J connectivity index is 1.63. The van der Waals surface area contributed by atoms with Crippen LogP contribution in [0.5, 0.6) is 0 Å². The fourth-order valence-corrected chi connectivity index (χ4v) is 7.94. The highest BCUT2D eigenvalue weighted by molar-refractivity contribution is 5.93. The number of hydrogen-bond donors (Lipinski definition) is 1. The van der Waals surface area contributed by atoms with Gasteiger partial charge in [0.05, 0.1) is 0 Å². The van der Waals surface area contributed by atoms with Crippen LogP contribution in [0.2, 0.25) is 0 Å². The standard InChI is InChI=1S/C24H34O5/c1-13(4-7-21(28)29)16-5-6-17-22-18(12-20(27)24(16,17)3)23(2)9-8-15(25)10-14(23)11-19(22)26/h13-14,16-18,22H,4-12H2,1-3H3,(H,28,29)/t13-,14+,16-,17-,18-,22+,23+,24-/m1/s1. The molecule has 0 aromatic heterocycles. The predicted octanol–water partition coefficient (Wildman–Crippen LogP) is 4.07. The third kappa shape index (κ3) is 3.02. The highest BCUT2D eigenvalue weighted by atomic mass is 16.4. The number of rotatable bonds is 4. The average Bonchev–Trinajstić information content (AvgIpc) is 3.01. The van der Waals surface area contributed by atoms with Gasteiger partial charge in [-0.25, -0.2) is 0 Å². The highest BCUT2D eigenvalue weighted by Crippen LogP contribution is 2.66. The Labute approximate surface area is 173 Å². The number of hydrogen-bond acceptors (Lipinski definition) is 4. The van der Waals surface area contributed by atoms with Crippen molar-refractivity contribution in [3.8, 4) is 0 Å². The quantitative estimate of drug-likeness (QED) is 0.766. The van der Waals surface area contributed by atoms with Crippen molar-refractivity contribution in [1.29, 1.82) is 0 Å². The van der Waals surface area contributed by atoms with Crippen molar-refractivity contribution in [2.75, 3.05) is 0 Å². The van der Waals surface area contributed by atoms with E-state index in [-0.39, 0.29) is 64.7 Å². The molecule has 4 fully saturated rings. The molecule has 4 aliphatic rings. The van der Waals surface area contributed by atoms with Gasteiger partial charge in [0, 0.05) is 43.4 Å². The predicted molar refractivity (Wildman–Crippen MR) is 107 cm³/mol. The molecule has 8 atom stereocenters. The molecular weight excluding hydrogens is 368 g/mol. The van der Waals surface area contributed by atoms with Gasteiger partial charge in [-0.15, -0.1) is 0 Å². The van der Waals surface area contributed by atoms with Crippen LogP contribution in [0.1, 0.15) is 78.6 Å². The molecule has 5 nitrogen and oxygen atoms in total. The first-order valence-corrected chi connectivity index (χ1v) is 11.4. The minimum Gasteiger partial charge on any atom is -0.481 e. The largest absolute Gasteiger partial charge is 0.481 e. The van der Waals surface area contributed by atoms with Gasteiger partial charge in [0.1, 0.15) is 17.3 Å². The lowest BCUT2D eigenvalue weighted by Gasteiger charge is -2.58. The van der Waals surface area contributed by atoms with Gasteiger partial charge in [0.25, 0.3) is 0 Å². The molecular formula is C24H34O5. The topological polar surface area (TPSA) is 88.5 Å². The summed E-state index contributed by atoms with van der Waals surface area (Å²) >= 11 is 0. The van der Waals surface area contributed by atoms with Crippen molar-refractivity contribution in [2.24, 2.45) is 46.3 Å². The molecule has 5 heteroatoms. The van der Waals surface area contributed by atoms with Crippen LogP contribution < -0.4 is 0 Å². The molecule has 0 aliphatic heterocycles. The molecule has 29 heavy (non-hydrogen) atoms. The maximum absolute atomic E-state index is 13.6. The Hall–Kier alpha value is -1.52. The summed E-state index contributed by atoms with van der Waals surface area (Å²) in [6, 6.07) is 0. The molecule has 160 valence electrons. The molecule has 0 aromatic rings. The Bertz CT molecular complexity index is 756. The summed E-state index contributed by atoms with van der Waals surface area (Å²) in [5.74, 6) is 0.524. The Morgan fingerprint density at radius 1 is 1.10 bits per heavy atom. The maximum atomic E-state index is 13.6. The summed E-state index contributed by atoms with van der Waals surface area (Å²) in [5, 5.41) is 9.06. The van der Waals surface area contributed by atoms with Gasteiger partial charge in [0.15, 0.2) is 0 Å². The van der Waals surface area contributed by atoms with E-state index in [4.69, 9.17) is 5.11 Å². The fourth-order valence-electron chi connectivity index (χ4n) is 7.94. The lowest BCUT2D eigenvalue weighted by Crippen LogP contribution is -2.60. The first-order valence-electron chi connectivity index (χ1n) is 11.4. The molecule has 0 saturated heterocycles. The molecule has 1 N–H and O–H groups in total. The van der Waals surface area contributed by atoms with Crippen LogP contribution in [0.4, 0.5) is 0 Å². The highest BCUT2D eigenvalue weighted by Gasteiger charge is 2.66. The number of Topliss-reactive ketones (excluding diaryl/α,β-unsaturated/α-hetero) is 3. The Morgan fingerprint density at radius 3 is 2.52 bits per heavy atom. The van der Waals surface area contributed by atoms with E-state index >= 15 is 0 Å². The van der Waals surface area contributed by atoms with Gasteiger partial charge in [0.2, 0.25) is 0 Å². The van der Waals surface area contributed by atoms with Gasteiger partial charge in [-0.2, -0.15) is 0 Å². The van der Waals surface area contributed by atoms with E-state index in [9.17, 15) is 19.2 Å². The number of carbonyl (C=O) groups is 4. The van der Waals surface area contributed by atoms with Crippen LogP contribution in [0, 0.1) is 46.3 Å². The molecule has 0 bridgehead atoms. The zero-order valence-corrected chi connectivity index (χ0v) is 17.9. The lowest BCUT2D eigenvalue weighted by atomic mass is 9.44. The first kappa shape index (κ1) is 20.7. The summed E-state index contributed by atoms with van der Waals surface area (Å²) in [4.78, 5) is 50.0. The molecule has 0 radical (unpaired) electrons. The van der Waals surface area contributed by atoms with Gasteiger partial charge in [-0.05, 0) is 60.7 Å². The lowest BCUT2D eigenvalue weighted by molar-refractivity contribution is -0.166. The van der Waals surface area contributed by atoms with E-state index in [0.717, 1.165) is 19.3 Å². The fraction of sp³-hybridized carbons (Fsp3) is 0.833. The number of fused-ring (bicyclic) bond motifs is 5. The molecule has 0 unspecified atom stereocenters. The number of carboxylic acid groups (broad SMARTS) is 1. The third-order valence-electron chi connectivity index (χ3n) is 9.72.